The minimum absolute atomic E-state index is 0.222. The second-order valence-corrected chi connectivity index (χ2v) is 2.96. The predicted octanol–water partition coefficient (Wildman–Crippen LogP) is 0.681. The van der Waals surface area contributed by atoms with Crippen LogP contribution in [-0.4, -0.2) is 41.5 Å². The van der Waals surface area contributed by atoms with Crippen molar-refractivity contribution in [3.8, 4) is 0 Å². The van der Waals surface area contributed by atoms with Crippen molar-refractivity contribution in [2.45, 2.75) is 12.8 Å². The third-order valence-corrected chi connectivity index (χ3v) is 1.90. The Morgan fingerprint density at radius 1 is 1.47 bits per heavy atom. The Labute approximate surface area is 86.4 Å². The van der Waals surface area contributed by atoms with Gasteiger partial charge in [-0.25, -0.2) is 8.78 Å². The summed E-state index contributed by atoms with van der Waals surface area (Å²) < 4.78 is 30.0. The van der Waals surface area contributed by atoms with Crippen LogP contribution in [0.2, 0.25) is 0 Å². The highest BCUT2D eigenvalue weighted by atomic mass is 19.3. The number of rotatable bonds is 6. The van der Waals surface area contributed by atoms with E-state index < -0.39 is 13.0 Å². The smallest absolute Gasteiger partial charge is 0.261 e. The van der Waals surface area contributed by atoms with Gasteiger partial charge >= 0.3 is 0 Å². The second kappa shape index (κ2) is 5.59. The van der Waals surface area contributed by atoms with Gasteiger partial charge in [-0.05, 0) is 0 Å². The van der Waals surface area contributed by atoms with Gasteiger partial charge in [0.2, 0.25) is 5.95 Å². The normalized spacial score (nSPS) is 11.0. The Balaban J connectivity index is 2.34. The third-order valence-electron chi connectivity index (χ3n) is 1.90. The molecule has 0 saturated heterocycles. The Hall–Kier alpha value is -1.24. The summed E-state index contributed by atoms with van der Waals surface area (Å²) in [5, 5.41) is 10.6. The molecule has 1 aromatic heterocycles. The topological polar surface area (TPSA) is 52.0 Å². The quantitative estimate of drug-likeness (QED) is 0.716. The number of halogens is 2. The lowest BCUT2D eigenvalue weighted by Crippen LogP contribution is -2.10. The number of aromatic nitrogens is 3. The van der Waals surface area contributed by atoms with Gasteiger partial charge in [0.25, 0.3) is 6.43 Å². The molecule has 0 spiro atoms. The van der Waals surface area contributed by atoms with Crippen molar-refractivity contribution in [2.75, 3.05) is 25.6 Å². The van der Waals surface area contributed by atoms with Crippen LogP contribution in [0.1, 0.15) is 5.82 Å². The average Bonchev–Trinajstić information content (AvgIpc) is 2.54. The average molecular weight is 220 g/mol. The number of alkyl halides is 2. The number of hydrogen-bond acceptors (Lipinski definition) is 4. The first-order chi connectivity index (χ1) is 7.15. The van der Waals surface area contributed by atoms with Gasteiger partial charge in [0.1, 0.15) is 12.4 Å². The molecule has 0 unspecified atom stereocenters. The number of hydrogen-bond donors (Lipinski definition) is 1. The van der Waals surface area contributed by atoms with Gasteiger partial charge in [-0.15, -0.1) is 10.2 Å². The van der Waals surface area contributed by atoms with Crippen molar-refractivity contribution in [1.82, 2.24) is 14.8 Å². The van der Waals surface area contributed by atoms with Crippen LogP contribution < -0.4 is 5.32 Å². The molecule has 0 fully saturated rings. The van der Waals surface area contributed by atoms with E-state index in [2.05, 4.69) is 15.5 Å². The van der Waals surface area contributed by atoms with E-state index in [0.717, 1.165) is 0 Å². The molecule has 1 aromatic rings. The molecule has 0 aliphatic rings. The molecule has 1 N–H and O–H groups in total. The first-order valence-corrected chi connectivity index (χ1v) is 4.57. The van der Waals surface area contributed by atoms with E-state index in [4.69, 9.17) is 4.74 Å². The Morgan fingerprint density at radius 3 is 2.73 bits per heavy atom. The standard InChI is InChI=1S/C8H14F2N4O/c1-11-8-13-12-7(14(8)2)3-4-15-5-6(9)10/h6H,3-5H2,1-2H3,(H,11,13). The summed E-state index contributed by atoms with van der Waals surface area (Å²) in [6, 6.07) is 0. The number of nitrogens with one attached hydrogen (secondary N) is 1. The van der Waals surface area contributed by atoms with Gasteiger partial charge in [-0.3, -0.25) is 0 Å². The molecule has 86 valence electrons. The maximum Gasteiger partial charge on any atom is 0.261 e. The van der Waals surface area contributed by atoms with Gasteiger partial charge in [-0.1, -0.05) is 0 Å². The molecule has 0 bridgehead atoms. The van der Waals surface area contributed by atoms with Crippen LogP contribution >= 0.6 is 0 Å². The Bertz CT molecular complexity index is 303. The van der Waals surface area contributed by atoms with Crippen molar-refractivity contribution < 1.29 is 13.5 Å². The van der Waals surface area contributed by atoms with Crippen molar-refractivity contribution in [3.63, 3.8) is 0 Å². The molecule has 7 heteroatoms. The monoisotopic (exact) mass is 220 g/mol. The summed E-state index contributed by atoms with van der Waals surface area (Å²) in [5.74, 6) is 1.34. The van der Waals surface area contributed by atoms with Crippen molar-refractivity contribution in [3.05, 3.63) is 5.82 Å². The lowest BCUT2D eigenvalue weighted by Gasteiger charge is -2.04. The molecular weight excluding hydrogens is 206 g/mol. The molecule has 0 radical (unpaired) electrons. The number of nitrogens with zero attached hydrogens (tertiary/aromatic N) is 3. The first kappa shape index (κ1) is 11.8. The molecule has 0 aromatic carbocycles. The van der Waals surface area contributed by atoms with Crippen molar-refractivity contribution >= 4 is 5.95 Å². The lowest BCUT2D eigenvalue weighted by atomic mass is 10.4. The van der Waals surface area contributed by atoms with Gasteiger partial charge in [0, 0.05) is 20.5 Å². The highest BCUT2D eigenvalue weighted by Crippen LogP contribution is 2.04. The lowest BCUT2D eigenvalue weighted by molar-refractivity contribution is 0.0181. The van der Waals surface area contributed by atoms with E-state index in [1.165, 1.54) is 0 Å². The van der Waals surface area contributed by atoms with E-state index >= 15 is 0 Å². The minimum atomic E-state index is -2.42. The van der Waals surface area contributed by atoms with Gasteiger partial charge in [-0.2, -0.15) is 0 Å². The fourth-order valence-corrected chi connectivity index (χ4v) is 1.13. The van der Waals surface area contributed by atoms with E-state index in [1.807, 2.05) is 0 Å². The maximum atomic E-state index is 11.7. The zero-order valence-corrected chi connectivity index (χ0v) is 8.70. The Kier molecular flexibility index (Phi) is 4.41. The third kappa shape index (κ3) is 3.43. The highest BCUT2D eigenvalue weighted by Gasteiger charge is 2.07. The highest BCUT2D eigenvalue weighted by molar-refractivity contribution is 5.23. The summed E-state index contributed by atoms with van der Waals surface area (Å²) in [7, 11) is 3.54. The van der Waals surface area contributed by atoms with Gasteiger partial charge in [0.15, 0.2) is 0 Å². The molecule has 0 amide bonds. The largest absolute Gasteiger partial charge is 0.375 e. The van der Waals surface area contributed by atoms with Gasteiger partial charge in [0.05, 0.1) is 6.61 Å². The molecule has 1 heterocycles. The van der Waals surface area contributed by atoms with E-state index in [9.17, 15) is 8.78 Å². The zero-order chi connectivity index (χ0) is 11.3. The molecule has 0 saturated carbocycles. The predicted molar refractivity (Wildman–Crippen MR) is 51.1 cm³/mol. The van der Waals surface area contributed by atoms with Crippen LogP contribution in [0, 0.1) is 0 Å². The van der Waals surface area contributed by atoms with Crippen LogP contribution in [0.3, 0.4) is 0 Å². The van der Waals surface area contributed by atoms with Gasteiger partial charge < -0.3 is 14.6 Å². The minimum Gasteiger partial charge on any atom is -0.375 e. The molecule has 0 aliphatic heterocycles. The summed E-state index contributed by atoms with van der Waals surface area (Å²) in [6.45, 7) is -0.309. The van der Waals surface area contributed by atoms with E-state index in [-0.39, 0.29) is 6.61 Å². The SMILES string of the molecule is CNc1nnc(CCOCC(F)F)n1C. The Morgan fingerprint density at radius 2 is 2.20 bits per heavy atom. The van der Waals surface area contributed by atoms with Crippen LogP contribution in [0.4, 0.5) is 14.7 Å². The summed E-state index contributed by atoms with van der Waals surface area (Å²) >= 11 is 0. The fraction of sp³-hybridized carbons (Fsp3) is 0.750. The second-order valence-electron chi connectivity index (χ2n) is 2.96. The van der Waals surface area contributed by atoms with Crippen molar-refractivity contribution in [2.24, 2.45) is 7.05 Å². The molecule has 15 heavy (non-hydrogen) atoms. The maximum absolute atomic E-state index is 11.7. The van der Waals surface area contributed by atoms with Crippen LogP contribution in [0.25, 0.3) is 0 Å². The van der Waals surface area contributed by atoms with Crippen LogP contribution in [0.15, 0.2) is 0 Å². The molecule has 0 atom stereocenters. The molecule has 1 rings (SSSR count). The van der Waals surface area contributed by atoms with Crippen LogP contribution in [-0.2, 0) is 18.2 Å². The number of anilines is 1. The zero-order valence-electron chi connectivity index (χ0n) is 8.70. The number of ether oxygens (including phenoxy) is 1. The fourth-order valence-electron chi connectivity index (χ4n) is 1.13. The van der Waals surface area contributed by atoms with E-state index in [0.29, 0.717) is 18.2 Å². The summed E-state index contributed by atoms with van der Waals surface area (Å²) in [6.07, 6.45) is -1.95. The summed E-state index contributed by atoms with van der Waals surface area (Å²) in [4.78, 5) is 0. The molecular formula is C8H14F2N4O. The van der Waals surface area contributed by atoms with E-state index in [1.54, 1.807) is 18.7 Å². The van der Waals surface area contributed by atoms with Crippen LogP contribution in [0.5, 0.6) is 0 Å². The van der Waals surface area contributed by atoms with Crippen molar-refractivity contribution in [1.29, 1.82) is 0 Å². The summed E-state index contributed by atoms with van der Waals surface area (Å²) in [5.41, 5.74) is 0. The molecule has 0 aliphatic carbocycles. The first-order valence-electron chi connectivity index (χ1n) is 4.57. The molecule has 5 nitrogen and oxygen atoms in total.